The van der Waals surface area contributed by atoms with Crippen LogP contribution in [0.3, 0.4) is 0 Å². The maximum atomic E-state index is 14.1. The first-order valence-corrected chi connectivity index (χ1v) is 17.8. The van der Waals surface area contributed by atoms with Crippen molar-refractivity contribution in [2.75, 3.05) is 58.0 Å². The van der Waals surface area contributed by atoms with E-state index < -0.39 is 24.7 Å². The molecule has 2 saturated heterocycles. The molecule has 0 bridgehead atoms. The van der Waals surface area contributed by atoms with E-state index in [2.05, 4.69) is 10.2 Å². The number of nitrogens with two attached hydrogens (primary N) is 1. The maximum absolute atomic E-state index is 14.1. The van der Waals surface area contributed by atoms with E-state index in [4.69, 9.17) is 19.6 Å². The summed E-state index contributed by atoms with van der Waals surface area (Å²) in [5, 5.41) is 3.80. The Bertz CT molecular complexity index is 1360. The third-order valence-corrected chi connectivity index (χ3v) is 11.1. The van der Waals surface area contributed by atoms with E-state index in [-0.39, 0.29) is 35.3 Å². The van der Waals surface area contributed by atoms with E-state index in [1.807, 2.05) is 4.90 Å². The van der Waals surface area contributed by atoms with E-state index in [1.54, 1.807) is 24.3 Å². The number of nitrogens with one attached hydrogen (secondary N) is 1. The lowest BCUT2D eigenvalue weighted by atomic mass is 9.76. The fraction of sp³-hybridized carbons (Fsp3) is 0.694. The second kappa shape index (κ2) is 15.9. The fourth-order valence-electron chi connectivity index (χ4n) is 8.40. The monoisotopic (exact) mass is 654 g/mol. The molecular formula is C36H51FN4O6. The first-order valence-electron chi connectivity index (χ1n) is 17.8. The summed E-state index contributed by atoms with van der Waals surface area (Å²) in [7, 11) is 0. The smallest absolute Gasteiger partial charge is 0.374 e. The van der Waals surface area contributed by atoms with Crippen LogP contribution in [0.5, 0.6) is 0 Å². The highest BCUT2D eigenvalue weighted by molar-refractivity contribution is 6.00. The number of hydrogen-bond acceptors (Lipinski definition) is 8. The molecule has 2 aliphatic carbocycles. The van der Waals surface area contributed by atoms with Crippen molar-refractivity contribution in [3.8, 4) is 0 Å². The van der Waals surface area contributed by atoms with E-state index in [0.29, 0.717) is 48.6 Å². The lowest BCUT2D eigenvalue weighted by Crippen LogP contribution is -2.50. The SMILES string of the molecule is NC(CF)C1CCC(C(=O)N2CC[C@@H](C3CCCCC3)[C@H]2C(=O)Nc2ccc3oc(C(=O)OCCCN4CCOCC4)cc3c2)CC1. The maximum Gasteiger partial charge on any atom is 0.374 e. The quantitative estimate of drug-likeness (QED) is 0.252. The van der Waals surface area contributed by atoms with Crippen LogP contribution in [0.1, 0.15) is 81.2 Å². The Balaban J connectivity index is 1.10. The van der Waals surface area contributed by atoms with Crippen LogP contribution in [0.15, 0.2) is 28.7 Å². The highest BCUT2D eigenvalue weighted by Crippen LogP contribution is 2.41. The zero-order valence-corrected chi connectivity index (χ0v) is 27.5. The van der Waals surface area contributed by atoms with Crippen LogP contribution < -0.4 is 11.1 Å². The lowest BCUT2D eigenvalue weighted by molar-refractivity contribution is -0.142. The van der Waals surface area contributed by atoms with Gasteiger partial charge >= 0.3 is 5.97 Å². The predicted octanol–water partition coefficient (Wildman–Crippen LogP) is 5.15. The Labute approximate surface area is 276 Å². The highest BCUT2D eigenvalue weighted by atomic mass is 19.1. The highest BCUT2D eigenvalue weighted by Gasteiger charge is 2.47. The standard InChI is InChI=1S/C36H51FN4O6/c37-23-30(38)25-7-9-26(10-8-25)35(43)41-15-13-29(24-5-2-1-3-6-24)33(41)34(42)39-28-11-12-31-27(21-28)22-32(47-31)36(44)46-18-4-14-40-16-19-45-20-17-40/h11-12,21-22,24-26,29-30,33H,1-10,13-20,23,38H2,(H,39,42)/t25?,26?,29-,30?,33-/m0/s1. The summed E-state index contributed by atoms with van der Waals surface area (Å²) in [5.74, 6) is 0.00563. The van der Waals surface area contributed by atoms with Crippen molar-refractivity contribution in [1.82, 2.24) is 9.80 Å². The van der Waals surface area contributed by atoms with Crippen molar-refractivity contribution in [1.29, 1.82) is 0 Å². The number of alkyl halides is 1. The number of morpholine rings is 1. The van der Waals surface area contributed by atoms with Gasteiger partial charge in [-0.1, -0.05) is 32.1 Å². The third-order valence-electron chi connectivity index (χ3n) is 11.1. The van der Waals surface area contributed by atoms with E-state index in [0.717, 1.165) is 84.2 Å². The summed E-state index contributed by atoms with van der Waals surface area (Å²) in [4.78, 5) is 44.9. The van der Waals surface area contributed by atoms with Crippen LogP contribution in [0.4, 0.5) is 10.1 Å². The van der Waals surface area contributed by atoms with Crippen LogP contribution in [-0.2, 0) is 19.1 Å². The van der Waals surface area contributed by atoms with Gasteiger partial charge in [-0.2, -0.15) is 0 Å². The number of furan rings is 1. The number of amides is 2. The molecule has 2 amide bonds. The van der Waals surface area contributed by atoms with E-state index in [9.17, 15) is 18.8 Å². The Kier molecular flexibility index (Phi) is 11.5. The fourth-order valence-corrected chi connectivity index (χ4v) is 8.40. The second-order valence-corrected chi connectivity index (χ2v) is 14.1. The molecule has 11 heteroatoms. The number of esters is 1. The molecule has 10 nitrogen and oxygen atoms in total. The summed E-state index contributed by atoms with van der Waals surface area (Å²) in [6, 6.07) is 5.98. The Hall–Kier alpha value is -3.02. The summed E-state index contributed by atoms with van der Waals surface area (Å²) in [5.41, 5.74) is 7.09. The Morgan fingerprint density at radius 1 is 0.979 bits per heavy atom. The molecule has 0 spiro atoms. The lowest BCUT2D eigenvalue weighted by Gasteiger charge is -2.36. The minimum Gasteiger partial charge on any atom is -0.460 e. The largest absolute Gasteiger partial charge is 0.460 e. The normalized spacial score (nSPS) is 26.7. The number of carbonyl (C=O) groups excluding carboxylic acids is 3. The van der Waals surface area contributed by atoms with E-state index >= 15 is 0 Å². The van der Waals surface area contributed by atoms with Gasteiger partial charge in [0.2, 0.25) is 17.6 Å². The third kappa shape index (κ3) is 8.17. The van der Waals surface area contributed by atoms with Gasteiger partial charge in [-0.05, 0) is 80.5 Å². The summed E-state index contributed by atoms with van der Waals surface area (Å²) in [6.07, 6.45) is 10.2. The van der Waals surface area contributed by atoms with Gasteiger partial charge in [0.25, 0.3) is 0 Å². The molecule has 1 aromatic carbocycles. The Morgan fingerprint density at radius 2 is 1.74 bits per heavy atom. The molecule has 258 valence electrons. The summed E-state index contributed by atoms with van der Waals surface area (Å²) in [6.45, 7) is 4.46. The van der Waals surface area contributed by atoms with Crippen molar-refractivity contribution in [3.63, 3.8) is 0 Å². The van der Waals surface area contributed by atoms with Crippen LogP contribution in [0, 0.1) is 23.7 Å². The number of ether oxygens (including phenoxy) is 2. The first kappa shape index (κ1) is 33.9. The topological polar surface area (TPSA) is 127 Å². The minimum atomic E-state index is -0.535. The molecule has 2 saturated carbocycles. The van der Waals surface area contributed by atoms with Crippen molar-refractivity contribution >= 4 is 34.4 Å². The summed E-state index contributed by atoms with van der Waals surface area (Å²) >= 11 is 0. The predicted molar refractivity (Wildman–Crippen MR) is 177 cm³/mol. The number of nitrogens with zero attached hydrogens (tertiary/aromatic N) is 2. The average molecular weight is 655 g/mol. The molecule has 1 unspecified atom stereocenters. The number of hydrogen-bond donors (Lipinski definition) is 2. The van der Waals surface area contributed by atoms with Crippen molar-refractivity contribution in [2.24, 2.45) is 29.4 Å². The zero-order valence-electron chi connectivity index (χ0n) is 27.5. The molecule has 0 radical (unpaired) electrons. The molecule has 4 fully saturated rings. The molecule has 47 heavy (non-hydrogen) atoms. The van der Waals surface area contributed by atoms with Crippen LogP contribution in [0.2, 0.25) is 0 Å². The molecule has 4 aliphatic rings. The molecular weight excluding hydrogens is 603 g/mol. The number of rotatable bonds is 11. The number of anilines is 1. The number of fused-ring (bicyclic) bond motifs is 1. The van der Waals surface area contributed by atoms with Gasteiger partial charge in [-0.25, -0.2) is 9.18 Å². The molecule has 3 heterocycles. The Morgan fingerprint density at radius 3 is 2.49 bits per heavy atom. The molecule has 2 aromatic rings. The zero-order chi connectivity index (χ0) is 32.8. The number of benzene rings is 1. The van der Waals surface area contributed by atoms with Crippen molar-refractivity contribution in [3.05, 3.63) is 30.0 Å². The molecule has 6 rings (SSSR count). The van der Waals surface area contributed by atoms with Gasteiger partial charge in [0.1, 0.15) is 18.3 Å². The van der Waals surface area contributed by atoms with Crippen LogP contribution in [0.25, 0.3) is 11.0 Å². The average Bonchev–Trinajstić information content (AvgIpc) is 3.75. The first-order chi connectivity index (χ1) is 22.9. The molecule has 3 N–H and O–H groups in total. The van der Waals surface area contributed by atoms with Gasteiger partial charge in [0.05, 0.1) is 19.8 Å². The van der Waals surface area contributed by atoms with Gasteiger partial charge < -0.3 is 29.8 Å². The molecule has 3 atom stereocenters. The number of halogens is 1. The van der Waals surface area contributed by atoms with Crippen LogP contribution >= 0.6 is 0 Å². The van der Waals surface area contributed by atoms with E-state index in [1.165, 1.54) is 6.42 Å². The van der Waals surface area contributed by atoms with Gasteiger partial charge in [-0.15, -0.1) is 0 Å². The van der Waals surface area contributed by atoms with Gasteiger partial charge in [-0.3, -0.25) is 14.5 Å². The molecule has 1 aromatic heterocycles. The number of likely N-dealkylation sites (tertiary alicyclic amines) is 1. The minimum absolute atomic E-state index is 0.0501. The van der Waals surface area contributed by atoms with Crippen molar-refractivity contribution in [2.45, 2.75) is 82.7 Å². The van der Waals surface area contributed by atoms with Crippen LogP contribution in [-0.4, -0.2) is 92.3 Å². The van der Waals surface area contributed by atoms with Gasteiger partial charge in [0.15, 0.2) is 0 Å². The second-order valence-electron chi connectivity index (χ2n) is 14.1. The summed E-state index contributed by atoms with van der Waals surface area (Å²) < 4.78 is 29.8. The van der Waals surface area contributed by atoms with Crippen molar-refractivity contribution < 1.29 is 32.7 Å². The molecule has 2 aliphatic heterocycles. The number of carbonyl (C=O) groups is 3. The van der Waals surface area contributed by atoms with Gasteiger partial charge in [0, 0.05) is 49.2 Å².